The highest BCUT2D eigenvalue weighted by Crippen LogP contribution is 2.21. The SMILES string of the molecule is CCC(C)(C(=O)NCCCN(C)c1ccccc1)C(N)=S. The van der Waals surface area contributed by atoms with E-state index in [0.29, 0.717) is 13.0 Å². The first-order chi connectivity index (χ1) is 9.91. The van der Waals surface area contributed by atoms with Crippen molar-refractivity contribution < 1.29 is 4.79 Å². The molecule has 1 rings (SSSR count). The van der Waals surface area contributed by atoms with Gasteiger partial charge in [-0.15, -0.1) is 0 Å². The van der Waals surface area contributed by atoms with Crippen molar-refractivity contribution in [2.75, 3.05) is 25.0 Å². The van der Waals surface area contributed by atoms with Crippen molar-refractivity contribution in [3.63, 3.8) is 0 Å². The minimum atomic E-state index is -0.749. The molecule has 1 unspecified atom stereocenters. The Morgan fingerprint density at radius 3 is 2.52 bits per heavy atom. The van der Waals surface area contributed by atoms with Gasteiger partial charge in [0.25, 0.3) is 0 Å². The summed E-state index contributed by atoms with van der Waals surface area (Å²) in [4.78, 5) is 14.6. The lowest BCUT2D eigenvalue weighted by Gasteiger charge is -2.26. The van der Waals surface area contributed by atoms with Crippen LogP contribution >= 0.6 is 12.2 Å². The number of carbonyl (C=O) groups is 1. The number of nitrogens with zero attached hydrogens (tertiary/aromatic N) is 1. The quantitative estimate of drug-likeness (QED) is 0.572. The van der Waals surface area contributed by atoms with Crippen LogP contribution in [0.4, 0.5) is 5.69 Å². The van der Waals surface area contributed by atoms with E-state index in [1.54, 1.807) is 6.92 Å². The summed E-state index contributed by atoms with van der Waals surface area (Å²) in [6, 6.07) is 10.2. The Balaban J connectivity index is 2.37. The molecule has 1 aromatic carbocycles. The van der Waals surface area contributed by atoms with Crippen LogP contribution in [0.5, 0.6) is 0 Å². The van der Waals surface area contributed by atoms with E-state index in [1.807, 2.05) is 32.2 Å². The standard InChI is InChI=1S/C16H25N3OS/c1-4-16(2,14(17)21)15(20)18-11-8-12-19(3)13-9-6-5-7-10-13/h5-7,9-10H,4,8,11-12H2,1-3H3,(H2,17,21)(H,18,20). The van der Waals surface area contributed by atoms with E-state index < -0.39 is 5.41 Å². The minimum Gasteiger partial charge on any atom is -0.392 e. The zero-order chi connectivity index (χ0) is 15.9. The predicted molar refractivity (Wildman–Crippen MR) is 92.5 cm³/mol. The van der Waals surface area contributed by atoms with E-state index in [-0.39, 0.29) is 10.9 Å². The molecular formula is C16H25N3OS. The first-order valence-electron chi connectivity index (χ1n) is 7.26. The third-order valence-corrected chi connectivity index (χ3v) is 4.36. The van der Waals surface area contributed by atoms with Gasteiger partial charge in [-0.1, -0.05) is 37.3 Å². The first-order valence-corrected chi connectivity index (χ1v) is 7.67. The molecule has 0 aliphatic carbocycles. The third kappa shape index (κ3) is 4.70. The summed E-state index contributed by atoms with van der Waals surface area (Å²) in [5, 5.41) is 2.93. The fourth-order valence-corrected chi connectivity index (χ4v) is 2.21. The number of anilines is 1. The zero-order valence-electron chi connectivity index (χ0n) is 13.1. The van der Waals surface area contributed by atoms with E-state index in [1.165, 1.54) is 5.69 Å². The lowest BCUT2D eigenvalue weighted by molar-refractivity contribution is -0.126. The number of benzene rings is 1. The number of carbonyl (C=O) groups excluding carboxylic acids is 1. The van der Waals surface area contributed by atoms with Crippen LogP contribution in [0.2, 0.25) is 0 Å². The molecule has 0 aromatic heterocycles. The molecular weight excluding hydrogens is 282 g/mol. The van der Waals surface area contributed by atoms with Gasteiger partial charge in [-0.3, -0.25) is 4.79 Å². The highest BCUT2D eigenvalue weighted by molar-refractivity contribution is 7.80. The molecule has 116 valence electrons. The molecule has 4 nitrogen and oxygen atoms in total. The van der Waals surface area contributed by atoms with E-state index >= 15 is 0 Å². The Hall–Kier alpha value is -1.62. The highest BCUT2D eigenvalue weighted by atomic mass is 32.1. The maximum absolute atomic E-state index is 12.2. The average molecular weight is 307 g/mol. The van der Waals surface area contributed by atoms with Crippen LogP contribution in [-0.4, -0.2) is 31.0 Å². The normalized spacial score (nSPS) is 13.3. The predicted octanol–water partition coefficient (Wildman–Crippen LogP) is 2.33. The van der Waals surface area contributed by atoms with Gasteiger partial charge in [0, 0.05) is 25.8 Å². The van der Waals surface area contributed by atoms with Gasteiger partial charge in [0.15, 0.2) is 0 Å². The van der Waals surface area contributed by atoms with Crippen molar-refractivity contribution in [2.45, 2.75) is 26.7 Å². The minimum absolute atomic E-state index is 0.0835. The topological polar surface area (TPSA) is 58.4 Å². The number of nitrogens with one attached hydrogen (secondary N) is 1. The monoisotopic (exact) mass is 307 g/mol. The van der Waals surface area contributed by atoms with Gasteiger partial charge in [0.05, 0.1) is 10.4 Å². The summed E-state index contributed by atoms with van der Waals surface area (Å²) in [6.45, 7) is 5.21. The summed E-state index contributed by atoms with van der Waals surface area (Å²) >= 11 is 5.00. The molecule has 0 saturated carbocycles. The van der Waals surface area contributed by atoms with Crippen LogP contribution < -0.4 is 16.0 Å². The van der Waals surface area contributed by atoms with Gasteiger partial charge in [0.1, 0.15) is 0 Å². The number of hydrogen-bond acceptors (Lipinski definition) is 3. The summed E-state index contributed by atoms with van der Waals surface area (Å²) in [5.41, 5.74) is 6.10. The molecule has 21 heavy (non-hydrogen) atoms. The first kappa shape index (κ1) is 17.4. The number of para-hydroxylation sites is 1. The molecule has 0 heterocycles. The van der Waals surface area contributed by atoms with E-state index in [0.717, 1.165) is 13.0 Å². The molecule has 5 heteroatoms. The number of thiocarbonyl (C=S) groups is 1. The molecule has 0 bridgehead atoms. The van der Waals surface area contributed by atoms with Crippen LogP contribution in [-0.2, 0) is 4.79 Å². The van der Waals surface area contributed by atoms with Gasteiger partial charge in [-0.05, 0) is 31.9 Å². The average Bonchev–Trinajstić information content (AvgIpc) is 2.50. The van der Waals surface area contributed by atoms with Crippen molar-refractivity contribution in [1.82, 2.24) is 5.32 Å². The molecule has 0 aliphatic heterocycles. The Morgan fingerprint density at radius 1 is 1.38 bits per heavy atom. The second-order valence-electron chi connectivity index (χ2n) is 5.42. The van der Waals surface area contributed by atoms with Crippen LogP contribution in [0.3, 0.4) is 0 Å². The Kier molecular flexibility index (Phi) is 6.62. The summed E-state index contributed by atoms with van der Waals surface area (Å²) in [6.07, 6.45) is 1.48. The largest absolute Gasteiger partial charge is 0.392 e. The molecule has 0 radical (unpaired) electrons. The van der Waals surface area contributed by atoms with Gasteiger partial charge < -0.3 is 16.0 Å². The van der Waals surface area contributed by atoms with Gasteiger partial charge in [-0.25, -0.2) is 0 Å². The molecule has 1 aromatic rings. The van der Waals surface area contributed by atoms with E-state index in [9.17, 15) is 4.79 Å². The highest BCUT2D eigenvalue weighted by Gasteiger charge is 2.34. The van der Waals surface area contributed by atoms with Gasteiger partial charge in [-0.2, -0.15) is 0 Å². The van der Waals surface area contributed by atoms with Crippen LogP contribution in [0, 0.1) is 5.41 Å². The number of rotatable bonds is 8. The molecule has 0 spiro atoms. The van der Waals surface area contributed by atoms with Crippen molar-refractivity contribution in [1.29, 1.82) is 0 Å². The van der Waals surface area contributed by atoms with Crippen molar-refractivity contribution in [2.24, 2.45) is 11.1 Å². The number of nitrogens with two attached hydrogens (primary N) is 1. The molecule has 0 aliphatic rings. The Bertz CT molecular complexity index is 478. The lowest BCUT2D eigenvalue weighted by atomic mass is 9.86. The third-order valence-electron chi connectivity index (χ3n) is 3.90. The second kappa shape index (κ2) is 7.98. The zero-order valence-corrected chi connectivity index (χ0v) is 13.9. The van der Waals surface area contributed by atoms with Crippen LogP contribution in [0.1, 0.15) is 26.7 Å². The van der Waals surface area contributed by atoms with Crippen molar-refractivity contribution in [3.8, 4) is 0 Å². The summed E-state index contributed by atoms with van der Waals surface area (Å²) in [5.74, 6) is -0.0835. The fraction of sp³-hybridized carbons (Fsp3) is 0.500. The number of hydrogen-bond donors (Lipinski definition) is 2. The van der Waals surface area contributed by atoms with Gasteiger partial charge in [0.2, 0.25) is 5.91 Å². The van der Waals surface area contributed by atoms with Crippen molar-refractivity contribution in [3.05, 3.63) is 30.3 Å². The number of amides is 1. The maximum atomic E-state index is 12.2. The van der Waals surface area contributed by atoms with E-state index in [4.69, 9.17) is 18.0 Å². The second-order valence-corrected chi connectivity index (χ2v) is 5.86. The Labute approximate surface area is 132 Å². The van der Waals surface area contributed by atoms with Crippen molar-refractivity contribution >= 4 is 28.8 Å². The van der Waals surface area contributed by atoms with E-state index in [2.05, 4.69) is 22.3 Å². The molecule has 1 amide bonds. The molecule has 3 N–H and O–H groups in total. The molecule has 1 atom stereocenters. The summed E-state index contributed by atoms with van der Waals surface area (Å²) < 4.78 is 0. The smallest absolute Gasteiger partial charge is 0.232 e. The Morgan fingerprint density at radius 2 is 2.00 bits per heavy atom. The molecule has 0 fully saturated rings. The van der Waals surface area contributed by atoms with Crippen LogP contribution in [0.25, 0.3) is 0 Å². The lowest BCUT2D eigenvalue weighted by Crippen LogP contribution is -2.47. The summed E-state index contributed by atoms with van der Waals surface area (Å²) in [7, 11) is 2.04. The fourth-order valence-electron chi connectivity index (χ4n) is 1.97. The van der Waals surface area contributed by atoms with Crippen LogP contribution in [0.15, 0.2) is 30.3 Å². The van der Waals surface area contributed by atoms with Gasteiger partial charge >= 0.3 is 0 Å². The molecule has 0 saturated heterocycles. The maximum Gasteiger partial charge on any atom is 0.232 e.